The summed E-state index contributed by atoms with van der Waals surface area (Å²) in [5.74, 6) is 0.184. The van der Waals surface area contributed by atoms with E-state index in [1.807, 2.05) is 0 Å². The van der Waals surface area contributed by atoms with Crippen LogP contribution in [0.5, 0.6) is 17.2 Å². The van der Waals surface area contributed by atoms with Gasteiger partial charge in [-0.25, -0.2) is 0 Å². The van der Waals surface area contributed by atoms with E-state index in [2.05, 4.69) is 13.8 Å². The lowest BCUT2D eigenvalue weighted by Crippen LogP contribution is -2.12. The van der Waals surface area contributed by atoms with Crippen LogP contribution in [0.2, 0.25) is 0 Å². The maximum absolute atomic E-state index is 12.4. The normalized spacial score (nSPS) is 10.7. The topological polar surface area (TPSA) is 61.8 Å². The summed E-state index contributed by atoms with van der Waals surface area (Å²) in [6, 6.07) is 5.06. The second kappa shape index (κ2) is 18.5. The molecular formula is C27H44O5. The first-order valence-electron chi connectivity index (χ1n) is 12.7. The predicted molar refractivity (Wildman–Crippen MR) is 129 cm³/mol. The van der Waals surface area contributed by atoms with Crippen molar-refractivity contribution in [1.29, 1.82) is 0 Å². The van der Waals surface area contributed by atoms with Crippen molar-refractivity contribution in [2.45, 2.75) is 117 Å². The Kier molecular flexibility index (Phi) is 16.2. The maximum Gasteiger partial charge on any atom is 0.311 e. The molecule has 0 amide bonds. The second-order valence-corrected chi connectivity index (χ2v) is 8.48. The van der Waals surface area contributed by atoms with Gasteiger partial charge in [0.15, 0.2) is 11.5 Å². The van der Waals surface area contributed by atoms with Gasteiger partial charge in [-0.1, -0.05) is 97.0 Å². The Morgan fingerprint density at radius 2 is 1.06 bits per heavy atom. The van der Waals surface area contributed by atoms with Gasteiger partial charge in [-0.3, -0.25) is 9.59 Å². The van der Waals surface area contributed by atoms with Crippen molar-refractivity contribution < 1.29 is 23.8 Å². The number of benzene rings is 1. The second-order valence-electron chi connectivity index (χ2n) is 8.48. The highest BCUT2D eigenvalue weighted by molar-refractivity contribution is 5.77. The molecule has 0 aliphatic carbocycles. The summed E-state index contributed by atoms with van der Waals surface area (Å²) in [5.41, 5.74) is 0. The van der Waals surface area contributed by atoms with E-state index in [-0.39, 0.29) is 23.4 Å². The van der Waals surface area contributed by atoms with Crippen molar-refractivity contribution in [2.24, 2.45) is 0 Å². The zero-order valence-electron chi connectivity index (χ0n) is 20.6. The molecule has 0 radical (unpaired) electrons. The third kappa shape index (κ3) is 12.7. The molecule has 182 valence electrons. The van der Waals surface area contributed by atoms with Crippen LogP contribution in [0.4, 0.5) is 0 Å². The fourth-order valence-electron chi connectivity index (χ4n) is 3.63. The minimum Gasteiger partial charge on any atom is -0.493 e. The maximum atomic E-state index is 12.4. The van der Waals surface area contributed by atoms with Crippen LogP contribution >= 0.6 is 0 Å². The summed E-state index contributed by atoms with van der Waals surface area (Å²) in [4.78, 5) is 24.7. The Balaban J connectivity index is 2.45. The molecule has 0 aliphatic heterocycles. The highest BCUT2D eigenvalue weighted by Crippen LogP contribution is 2.37. The van der Waals surface area contributed by atoms with Crippen LogP contribution in [-0.2, 0) is 9.59 Å². The molecule has 5 heteroatoms. The first-order chi connectivity index (χ1) is 15.6. The highest BCUT2D eigenvalue weighted by Gasteiger charge is 2.18. The Hall–Kier alpha value is -2.04. The van der Waals surface area contributed by atoms with Gasteiger partial charge in [0.25, 0.3) is 0 Å². The van der Waals surface area contributed by atoms with Gasteiger partial charge >= 0.3 is 11.9 Å². The fraction of sp³-hybridized carbons (Fsp3) is 0.704. The van der Waals surface area contributed by atoms with Gasteiger partial charge in [-0.05, 0) is 25.0 Å². The Bertz CT molecular complexity index is 641. The van der Waals surface area contributed by atoms with Gasteiger partial charge in [0.1, 0.15) is 0 Å². The summed E-state index contributed by atoms with van der Waals surface area (Å²) < 4.78 is 16.4. The third-order valence-electron chi connectivity index (χ3n) is 5.57. The van der Waals surface area contributed by atoms with Crippen molar-refractivity contribution in [3.05, 3.63) is 18.2 Å². The van der Waals surface area contributed by atoms with E-state index in [1.165, 1.54) is 58.5 Å². The molecule has 0 fully saturated rings. The summed E-state index contributed by atoms with van der Waals surface area (Å²) in [6.45, 7) is 4.41. The van der Waals surface area contributed by atoms with E-state index in [0.29, 0.717) is 18.6 Å². The number of hydrogen-bond acceptors (Lipinski definition) is 5. The number of para-hydroxylation sites is 1. The van der Waals surface area contributed by atoms with Crippen LogP contribution in [0.25, 0.3) is 0 Å². The molecule has 1 aromatic rings. The summed E-state index contributed by atoms with van der Waals surface area (Å²) in [7, 11) is 1.51. The largest absolute Gasteiger partial charge is 0.493 e. The van der Waals surface area contributed by atoms with Gasteiger partial charge < -0.3 is 14.2 Å². The molecule has 1 rings (SSSR count). The summed E-state index contributed by atoms with van der Waals surface area (Å²) in [6.07, 6.45) is 16.6. The molecule has 0 unspecified atom stereocenters. The van der Waals surface area contributed by atoms with Crippen LogP contribution in [0.1, 0.15) is 117 Å². The molecule has 5 nitrogen and oxygen atoms in total. The first kappa shape index (κ1) is 28.0. The summed E-state index contributed by atoms with van der Waals surface area (Å²) >= 11 is 0. The third-order valence-corrected chi connectivity index (χ3v) is 5.57. The average molecular weight is 449 g/mol. The number of esters is 2. The Morgan fingerprint density at radius 1 is 0.625 bits per heavy atom. The first-order valence-corrected chi connectivity index (χ1v) is 12.7. The van der Waals surface area contributed by atoms with Gasteiger partial charge in [0, 0.05) is 12.8 Å². The molecule has 0 aliphatic rings. The highest BCUT2D eigenvalue weighted by atomic mass is 16.6. The molecule has 0 saturated heterocycles. The number of unbranched alkanes of at least 4 members (excludes halogenated alkanes) is 12. The van der Waals surface area contributed by atoms with E-state index in [1.54, 1.807) is 18.2 Å². The molecule has 0 atom stereocenters. The minimum atomic E-state index is -0.326. The molecular weight excluding hydrogens is 404 g/mol. The number of rotatable bonds is 19. The lowest BCUT2D eigenvalue weighted by molar-refractivity contribution is -0.137. The molecule has 0 spiro atoms. The standard InChI is InChI=1S/C27H44O5/c1-4-6-8-10-12-14-16-21-25(28)31-24-20-18-19-23(30-3)27(24)32-26(29)22-17-15-13-11-9-7-5-2/h18-20H,4-17,21-22H2,1-3H3. The van der Waals surface area contributed by atoms with Crippen LogP contribution in [0, 0.1) is 0 Å². The van der Waals surface area contributed by atoms with Crippen molar-refractivity contribution in [1.82, 2.24) is 0 Å². The quantitative estimate of drug-likeness (QED) is 0.123. The van der Waals surface area contributed by atoms with Crippen LogP contribution in [0.3, 0.4) is 0 Å². The van der Waals surface area contributed by atoms with Gasteiger partial charge in [-0.2, -0.15) is 0 Å². The number of ether oxygens (including phenoxy) is 3. The Morgan fingerprint density at radius 3 is 1.56 bits per heavy atom. The smallest absolute Gasteiger partial charge is 0.311 e. The molecule has 1 aromatic carbocycles. The average Bonchev–Trinajstić information content (AvgIpc) is 2.79. The number of hydrogen-bond donors (Lipinski definition) is 0. The van der Waals surface area contributed by atoms with Crippen molar-refractivity contribution in [3.63, 3.8) is 0 Å². The van der Waals surface area contributed by atoms with Crippen molar-refractivity contribution in [3.8, 4) is 17.2 Å². The van der Waals surface area contributed by atoms with E-state index in [9.17, 15) is 9.59 Å². The molecule has 0 bridgehead atoms. The molecule has 0 N–H and O–H groups in total. The summed E-state index contributed by atoms with van der Waals surface area (Å²) in [5, 5.41) is 0. The number of carbonyl (C=O) groups is 2. The lowest BCUT2D eigenvalue weighted by Gasteiger charge is -2.14. The molecule has 0 saturated carbocycles. The van der Waals surface area contributed by atoms with Gasteiger partial charge in [0.05, 0.1) is 7.11 Å². The van der Waals surface area contributed by atoms with Gasteiger partial charge in [-0.15, -0.1) is 0 Å². The van der Waals surface area contributed by atoms with E-state index < -0.39 is 0 Å². The number of methoxy groups -OCH3 is 1. The van der Waals surface area contributed by atoms with E-state index in [4.69, 9.17) is 14.2 Å². The SMILES string of the molecule is CCCCCCCCCC(=O)Oc1cccc(OC)c1OC(=O)CCCCCCCCC. The fourth-order valence-corrected chi connectivity index (χ4v) is 3.63. The zero-order valence-corrected chi connectivity index (χ0v) is 20.6. The van der Waals surface area contributed by atoms with E-state index >= 15 is 0 Å². The molecule has 32 heavy (non-hydrogen) atoms. The minimum absolute atomic E-state index is 0.191. The monoisotopic (exact) mass is 448 g/mol. The van der Waals surface area contributed by atoms with E-state index in [0.717, 1.165) is 38.5 Å². The molecule has 0 aromatic heterocycles. The van der Waals surface area contributed by atoms with Crippen LogP contribution in [-0.4, -0.2) is 19.0 Å². The van der Waals surface area contributed by atoms with Gasteiger partial charge in [0.2, 0.25) is 5.75 Å². The van der Waals surface area contributed by atoms with Crippen LogP contribution in [0.15, 0.2) is 18.2 Å². The van der Waals surface area contributed by atoms with Crippen LogP contribution < -0.4 is 14.2 Å². The lowest BCUT2D eigenvalue weighted by atomic mass is 10.1. The zero-order chi connectivity index (χ0) is 23.4. The van der Waals surface area contributed by atoms with Crippen molar-refractivity contribution in [2.75, 3.05) is 7.11 Å². The van der Waals surface area contributed by atoms with Crippen molar-refractivity contribution >= 4 is 11.9 Å². The Labute approximate surface area is 195 Å². The molecule has 0 heterocycles. The predicted octanol–water partition coefficient (Wildman–Crippen LogP) is 7.79. The number of carbonyl (C=O) groups excluding carboxylic acids is 2.